The fourth-order valence-corrected chi connectivity index (χ4v) is 4.63. The molecule has 6 heteroatoms. The normalized spacial score (nSPS) is 20.2. The average molecular weight is 335 g/mol. The van der Waals surface area contributed by atoms with Gasteiger partial charge in [-0.1, -0.05) is 19.9 Å². The van der Waals surface area contributed by atoms with Crippen LogP contribution in [0.4, 0.5) is 0 Å². The summed E-state index contributed by atoms with van der Waals surface area (Å²) in [6.07, 6.45) is 2.31. The molecular weight excluding hydrogens is 314 g/mol. The van der Waals surface area contributed by atoms with Gasteiger partial charge in [-0.25, -0.2) is 8.42 Å². The molecule has 1 aliphatic rings. The van der Waals surface area contributed by atoms with Crippen molar-refractivity contribution in [1.82, 2.24) is 5.32 Å². The van der Waals surface area contributed by atoms with Gasteiger partial charge in [-0.3, -0.25) is 4.79 Å². The topological polar surface area (TPSA) is 76.4 Å². The van der Waals surface area contributed by atoms with Gasteiger partial charge in [-0.2, -0.15) is 0 Å². The molecule has 1 aromatic heterocycles. The maximum atomic E-state index is 12.2. The number of hydrogen-bond acceptors (Lipinski definition) is 4. The Morgan fingerprint density at radius 1 is 1.39 bits per heavy atom. The molecule has 0 saturated carbocycles. The van der Waals surface area contributed by atoms with Crippen LogP contribution < -0.4 is 5.32 Å². The third kappa shape index (κ3) is 3.58. The fourth-order valence-electron chi connectivity index (χ4n) is 2.96. The van der Waals surface area contributed by atoms with Crippen molar-refractivity contribution in [3.8, 4) is 0 Å². The molecule has 124 valence electrons. The zero-order valence-corrected chi connectivity index (χ0v) is 14.2. The van der Waals surface area contributed by atoms with Gasteiger partial charge < -0.3 is 9.73 Å². The smallest absolute Gasteiger partial charge is 0.224 e. The van der Waals surface area contributed by atoms with Crippen LogP contribution >= 0.6 is 0 Å². The maximum absolute atomic E-state index is 12.2. The van der Waals surface area contributed by atoms with Gasteiger partial charge >= 0.3 is 0 Å². The molecule has 2 heterocycles. The fraction of sp³-hybridized carbons (Fsp3) is 0.471. The zero-order valence-electron chi connectivity index (χ0n) is 13.3. The zero-order chi connectivity index (χ0) is 16.6. The number of rotatable bonds is 4. The van der Waals surface area contributed by atoms with Crippen LogP contribution in [0, 0.1) is 0 Å². The Balaban J connectivity index is 1.73. The highest BCUT2D eigenvalue weighted by Gasteiger charge is 2.29. The van der Waals surface area contributed by atoms with Crippen LogP contribution in [0.2, 0.25) is 0 Å². The molecule has 1 amide bonds. The van der Waals surface area contributed by atoms with Crippen molar-refractivity contribution in [1.29, 1.82) is 0 Å². The second-order valence-electron chi connectivity index (χ2n) is 6.52. The average Bonchev–Trinajstić information content (AvgIpc) is 3.02. The first-order valence-electron chi connectivity index (χ1n) is 7.84. The van der Waals surface area contributed by atoms with Gasteiger partial charge in [0, 0.05) is 17.0 Å². The minimum atomic E-state index is -2.99. The Morgan fingerprint density at radius 3 is 2.83 bits per heavy atom. The Kier molecular flexibility index (Phi) is 4.19. The molecule has 0 bridgehead atoms. The number of amides is 1. The van der Waals surface area contributed by atoms with Crippen molar-refractivity contribution >= 4 is 26.7 Å². The lowest BCUT2D eigenvalue weighted by Crippen LogP contribution is -2.36. The summed E-state index contributed by atoms with van der Waals surface area (Å²) in [6.45, 7) is 4.24. The predicted molar refractivity (Wildman–Crippen MR) is 89.2 cm³/mol. The van der Waals surface area contributed by atoms with Gasteiger partial charge in [0.1, 0.15) is 5.58 Å². The second kappa shape index (κ2) is 6.00. The van der Waals surface area contributed by atoms with Crippen LogP contribution in [-0.2, 0) is 21.1 Å². The van der Waals surface area contributed by atoms with Crippen molar-refractivity contribution in [2.45, 2.75) is 38.6 Å². The molecule has 3 rings (SSSR count). The number of sulfone groups is 1. The molecule has 2 aromatic rings. The molecule has 1 aromatic carbocycles. The highest BCUT2D eigenvalue weighted by molar-refractivity contribution is 7.91. The van der Waals surface area contributed by atoms with Crippen LogP contribution in [0.3, 0.4) is 0 Å². The van der Waals surface area contributed by atoms with Gasteiger partial charge in [0.15, 0.2) is 9.84 Å². The molecule has 0 spiro atoms. The summed E-state index contributed by atoms with van der Waals surface area (Å²) < 4.78 is 28.4. The largest absolute Gasteiger partial charge is 0.464 e. The van der Waals surface area contributed by atoms with Crippen molar-refractivity contribution < 1.29 is 17.6 Å². The molecule has 23 heavy (non-hydrogen) atoms. The Morgan fingerprint density at radius 2 is 2.17 bits per heavy atom. The number of carbonyl (C=O) groups excluding carboxylic acids is 1. The molecular formula is C17H21NO4S. The van der Waals surface area contributed by atoms with Crippen LogP contribution in [0.15, 0.2) is 28.9 Å². The van der Waals surface area contributed by atoms with E-state index in [0.717, 1.165) is 16.5 Å². The summed E-state index contributed by atoms with van der Waals surface area (Å²) in [4.78, 5) is 12.2. The van der Waals surface area contributed by atoms with Gasteiger partial charge in [0.05, 0.1) is 24.2 Å². The van der Waals surface area contributed by atoms with E-state index >= 15 is 0 Å². The van der Waals surface area contributed by atoms with E-state index in [9.17, 15) is 13.2 Å². The number of fused-ring (bicyclic) bond motifs is 1. The van der Waals surface area contributed by atoms with E-state index in [-0.39, 0.29) is 29.9 Å². The molecule has 1 fully saturated rings. The van der Waals surface area contributed by atoms with E-state index < -0.39 is 9.84 Å². The van der Waals surface area contributed by atoms with Gasteiger partial charge in [-0.05, 0) is 30.0 Å². The first-order valence-corrected chi connectivity index (χ1v) is 9.66. The van der Waals surface area contributed by atoms with Crippen molar-refractivity contribution in [3.63, 3.8) is 0 Å². The summed E-state index contributed by atoms with van der Waals surface area (Å²) in [7, 11) is -2.99. The summed E-state index contributed by atoms with van der Waals surface area (Å²) >= 11 is 0. The van der Waals surface area contributed by atoms with Gasteiger partial charge in [-0.15, -0.1) is 0 Å². The maximum Gasteiger partial charge on any atom is 0.224 e. The summed E-state index contributed by atoms with van der Waals surface area (Å²) in [5.41, 5.74) is 2.80. The number of carbonyl (C=O) groups is 1. The SMILES string of the molecule is CC(C)c1ccc2occ(CC(=O)NC3CCS(=O)(=O)C3)c2c1. The molecule has 1 N–H and O–H groups in total. The van der Waals surface area contributed by atoms with Crippen LogP contribution in [-0.4, -0.2) is 31.9 Å². The minimum Gasteiger partial charge on any atom is -0.464 e. The van der Waals surface area contributed by atoms with Crippen LogP contribution in [0.1, 0.15) is 37.3 Å². The first-order chi connectivity index (χ1) is 10.8. The highest BCUT2D eigenvalue weighted by Crippen LogP contribution is 2.26. The van der Waals surface area contributed by atoms with Gasteiger partial charge in [0.2, 0.25) is 5.91 Å². The molecule has 1 atom stereocenters. The quantitative estimate of drug-likeness (QED) is 0.931. The van der Waals surface area contributed by atoms with E-state index in [1.807, 2.05) is 12.1 Å². The van der Waals surface area contributed by atoms with E-state index in [1.165, 1.54) is 5.56 Å². The standard InChI is InChI=1S/C17H21NO4S/c1-11(2)12-3-4-16-15(7-12)13(9-22-16)8-17(19)18-14-5-6-23(20,21)10-14/h3-4,7,9,11,14H,5-6,8,10H2,1-2H3,(H,18,19). The highest BCUT2D eigenvalue weighted by atomic mass is 32.2. The molecule has 0 radical (unpaired) electrons. The summed E-state index contributed by atoms with van der Waals surface area (Å²) in [6, 6.07) is 5.75. The number of furan rings is 1. The minimum absolute atomic E-state index is 0.0440. The molecule has 5 nitrogen and oxygen atoms in total. The third-order valence-corrected chi connectivity index (χ3v) is 6.06. The predicted octanol–water partition coefficient (Wildman–Crippen LogP) is 2.40. The second-order valence-corrected chi connectivity index (χ2v) is 8.74. The van der Waals surface area contributed by atoms with Gasteiger partial charge in [0.25, 0.3) is 0 Å². The first kappa shape index (κ1) is 16.1. The van der Waals surface area contributed by atoms with E-state index in [0.29, 0.717) is 12.3 Å². The van der Waals surface area contributed by atoms with Crippen molar-refractivity contribution in [2.75, 3.05) is 11.5 Å². The number of benzene rings is 1. The molecule has 1 saturated heterocycles. The monoisotopic (exact) mass is 335 g/mol. The van der Waals surface area contributed by atoms with Crippen molar-refractivity contribution in [2.24, 2.45) is 0 Å². The van der Waals surface area contributed by atoms with Crippen LogP contribution in [0.25, 0.3) is 11.0 Å². The molecule has 1 unspecified atom stereocenters. The van der Waals surface area contributed by atoms with E-state index in [1.54, 1.807) is 6.26 Å². The lowest BCUT2D eigenvalue weighted by atomic mass is 10.00. The molecule has 1 aliphatic heterocycles. The van der Waals surface area contributed by atoms with E-state index in [4.69, 9.17) is 4.42 Å². The number of hydrogen-bond donors (Lipinski definition) is 1. The lowest BCUT2D eigenvalue weighted by molar-refractivity contribution is -0.120. The Bertz CT molecular complexity index is 835. The van der Waals surface area contributed by atoms with E-state index in [2.05, 4.69) is 25.2 Å². The summed E-state index contributed by atoms with van der Waals surface area (Å²) in [5, 5.41) is 3.76. The van der Waals surface area contributed by atoms with Crippen LogP contribution in [0.5, 0.6) is 0 Å². The number of nitrogens with one attached hydrogen (secondary N) is 1. The van der Waals surface area contributed by atoms with Crippen molar-refractivity contribution in [3.05, 3.63) is 35.6 Å². The Labute approximate surface area is 136 Å². The lowest BCUT2D eigenvalue weighted by Gasteiger charge is -2.10. The Hall–Kier alpha value is -1.82. The third-order valence-electron chi connectivity index (χ3n) is 4.29. The summed E-state index contributed by atoms with van der Waals surface area (Å²) in [5.74, 6) is 0.441. The molecule has 0 aliphatic carbocycles.